The molecule has 0 atom stereocenters. The van der Waals surface area contributed by atoms with Crippen molar-refractivity contribution < 1.29 is 4.39 Å². The molecule has 3 nitrogen and oxygen atoms in total. The van der Waals surface area contributed by atoms with E-state index in [1.165, 1.54) is 12.1 Å². The predicted octanol–water partition coefficient (Wildman–Crippen LogP) is 2.40. The van der Waals surface area contributed by atoms with Gasteiger partial charge in [0.15, 0.2) is 5.13 Å². The fraction of sp³-hybridized carbons (Fsp3) is 0.250. The molecule has 17 heavy (non-hydrogen) atoms. The number of nitrogens with two attached hydrogens (primary N) is 1. The van der Waals surface area contributed by atoms with Crippen LogP contribution in [0.4, 0.5) is 9.52 Å². The van der Waals surface area contributed by atoms with E-state index in [-0.39, 0.29) is 5.82 Å². The van der Waals surface area contributed by atoms with Crippen LogP contribution in [0.2, 0.25) is 0 Å². The lowest BCUT2D eigenvalue weighted by molar-refractivity contribution is 0.627. The Kier molecular flexibility index (Phi) is 4.06. The van der Waals surface area contributed by atoms with Crippen molar-refractivity contribution in [2.45, 2.75) is 13.0 Å². The summed E-state index contributed by atoms with van der Waals surface area (Å²) in [4.78, 5) is 5.26. The molecule has 5 heteroatoms. The van der Waals surface area contributed by atoms with Crippen molar-refractivity contribution in [1.29, 1.82) is 0 Å². The van der Waals surface area contributed by atoms with Gasteiger partial charge in [-0.05, 0) is 24.1 Å². The molecule has 0 bridgehead atoms. The Morgan fingerprint density at radius 2 is 2.06 bits per heavy atom. The number of rotatable bonds is 5. The van der Waals surface area contributed by atoms with Crippen LogP contribution in [0.5, 0.6) is 0 Å². The van der Waals surface area contributed by atoms with Crippen LogP contribution in [0.3, 0.4) is 0 Å². The summed E-state index contributed by atoms with van der Waals surface area (Å²) in [6, 6.07) is 6.55. The summed E-state index contributed by atoms with van der Waals surface area (Å²) in [6.07, 6.45) is 2.63. The number of hydrogen-bond acceptors (Lipinski definition) is 4. The average Bonchev–Trinajstić information content (AvgIpc) is 2.80. The molecule has 2 rings (SSSR count). The van der Waals surface area contributed by atoms with Gasteiger partial charge in [-0.25, -0.2) is 9.37 Å². The molecule has 0 radical (unpaired) electrons. The van der Waals surface area contributed by atoms with Gasteiger partial charge in [-0.1, -0.05) is 12.1 Å². The van der Waals surface area contributed by atoms with Gasteiger partial charge in [0.2, 0.25) is 0 Å². The average molecular weight is 251 g/mol. The number of anilines is 1. The van der Waals surface area contributed by atoms with Crippen molar-refractivity contribution in [2.75, 3.05) is 11.9 Å². The molecule has 1 aromatic carbocycles. The number of halogens is 1. The molecule has 0 aliphatic heterocycles. The molecule has 0 spiro atoms. The smallest absolute Gasteiger partial charge is 0.182 e. The van der Waals surface area contributed by atoms with Gasteiger partial charge in [0.1, 0.15) is 5.82 Å². The predicted molar refractivity (Wildman–Crippen MR) is 68.6 cm³/mol. The van der Waals surface area contributed by atoms with E-state index in [2.05, 4.69) is 10.3 Å². The van der Waals surface area contributed by atoms with Gasteiger partial charge < -0.3 is 11.1 Å². The molecule has 0 amide bonds. The first kappa shape index (κ1) is 12.0. The number of aromatic nitrogens is 1. The van der Waals surface area contributed by atoms with Gasteiger partial charge in [-0.2, -0.15) is 0 Å². The zero-order valence-electron chi connectivity index (χ0n) is 9.32. The Morgan fingerprint density at radius 1 is 1.29 bits per heavy atom. The lowest BCUT2D eigenvalue weighted by atomic mass is 10.1. The molecular weight excluding hydrogens is 237 g/mol. The van der Waals surface area contributed by atoms with Crippen LogP contribution in [-0.4, -0.2) is 11.5 Å². The van der Waals surface area contributed by atoms with E-state index in [9.17, 15) is 4.39 Å². The van der Waals surface area contributed by atoms with Crippen molar-refractivity contribution in [2.24, 2.45) is 5.73 Å². The standard InChI is InChI=1S/C12H14FN3S/c13-10-3-1-9(2-4-10)5-6-15-12-16-8-11(7-14)17-12/h1-4,8H,5-7,14H2,(H,15,16). The summed E-state index contributed by atoms with van der Waals surface area (Å²) >= 11 is 1.56. The second kappa shape index (κ2) is 5.75. The molecular formula is C12H14FN3S. The minimum Gasteiger partial charge on any atom is -0.361 e. The molecule has 2 aromatic rings. The number of nitrogens with zero attached hydrogens (tertiary/aromatic N) is 1. The third kappa shape index (κ3) is 3.51. The molecule has 0 unspecified atom stereocenters. The molecule has 1 heterocycles. The minimum absolute atomic E-state index is 0.200. The van der Waals surface area contributed by atoms with Crippen molar-refractivity contribution in [3.05, 3.63) is 46.7 Å². The van der Waals surface area contributed by atoms with E-state index in [1.807, 2.05) is 0 Å². The highest BCUT2D eigenvalue weighted by Crippen LogP contribution is 2.17. The summed E-state index contributed by atoms with van der Waals surface area (Å²) in [7, 11) is 0. The van der Waals surface area contributed by atoms with Crippen molar-refractivity contribution in [3.63, 3.8) is 0 Å². The Bertz CT molecular complexity index is 467. The summed E-state index contributed by atoms with van der Waals surface area (Å²) < 4.78 is 12.7. The van der Waals surface area contributed by atoms with Crippen molar-refractivity contribution in [1.82, 2.24) is 4.98 Å². The van der Waals surface area contributed by atoms with Gasteiger partial charge in [-0.15, -0.1) is 11.3 Å². The van der Waals surface area contributed by atoms with E-state index in [0.717, 1.165) is 28.5 Å². The van der Waals surface area contributed by atoms with Crippen LogP contribution in [0.1, 0.15) is 10.4 Å². The number of hydrogen-bond donors (Lipinski definition) is 2. The molecule has 3 N–H and O–H groups in total. The number of benzene rings is 1. The summed E-state index contributed by atoms with van der Waals surface area (Å²) in [5, 5.41) is 4.10. The van der Waals surface area contributed by atoms with E-state index in [4.69, 9.17) is 5.73 Å². The fourth-order valence-corrected chi connectivity index (χ4v) is 2.17. The number of nitrogens with one attached hydrogen (secondary N) is 1. The third-order valence-corrected chi connectivity index (χ3v) is 3.34. The molecule has 0 saturated heterocycles. The van der Waals surface area contributed by atoms with Crippen LogP contribution in [0.15, 0.2) is 30.5 Å². The highest BCUT2D eigenvalue weighted by molar-refractivity contribution is 7.15. The first-order chi connectivity index (χ1) is 8.28. The van der Waals surface area contributed by atoms with E-state index < -0.39 is 0 Å². The lowest BCUT2D eigenvalue weighted by Gasteiger charge is -2.02. The Hall–Kier alpha value is -1.46. The molecule has 0 aliphatic carbocycles. The van der Waals surface area contributed by atoms with Crippen LogP contribution in [-0.2, 0) is 13.0 Å². The lowest BCUT2D eigenvalue weighted by Crippen LogP contribution is -2.04. The van der Waals surface area contributed by atoms with E-state index in [1.54, 1.807) is 29.7 Å². The second-order valence-corrected chi connectivity index (χ2v) is 4.75. The summed E-state index contributed by atoms with van der Waals surface area (Å²) in [5.74, 6) is -0.200. The Morgan fingerprint density at radius 3 is 2.71 bits per heavy atom. The molecule has 0 saturated carbocycles. The van der Waals surface area contributed by atoms with Gasteiger partial charge in [0, 0.05) is 24.2 Å². The quantitative estimate of drug-likeness (QED) is 0.858. The van der Waals surface area contributed by atoms with Crippen LogP contribution in [0.25, 0.3) is 0 Å². The molecule has 1 aromatic heterocycles. The zero-order valence-corrected chi connectivity index (χ0v) is 10.1. The van der Waals surface area contributed by atoms with Crippen LogP contribution < -0.4 is 11.1 Å². The van der Waals surface area contributed by atoms with Gasteiger partial charge >= 0.3 is 0 Å². The second-order valence-electron chi connectivity index (χ2n) is 3.64. The Balaban J connectivity index is 1.81. The SMILES string of the molecule is NCc1cnc(NCCc2ccc(F)cc2)s1. The third-order valence-electron chi connectivity index (χ3n) is 2.36. The van der Waals surface area contributed by atoms with Crippen LogP contribution >= 0.6 is 11.3 Å². The largest absolute Gasteiger partial charge is 0.361 e. The topological polar surface area (TPSA) is 50.9 Å². The molecule has 0 fully saturated rings. The van der Waals surface area contributed by atoms with Crippen molar-refractivity contribution >= 4 is 16.5 Å². The first-order valence-electron chi connectivity index (χ1n) is 5.41. The molecule has 90 valence electrons. The minimum atomic E-state index is -0.200. The molecule has 0 aliphatic rings. The highest BCUT2D eigenvalue weighted by atomic mass is 32.1. The van der Waals surface area contributed by atoms with Crippen molar-refractivity contribution in [3.8, 4) is 0 Å². The van der Waals surface area contributed by atoms with E-state index >= 15 is 0 Å². The number of thiazole rings is 1. The highest BCUT2D eigenvalue weighted by Gasteiger charge is 1.99. The summed E-state index contributed by atoms with van der Waals surface area (Å²) in [5.41, 5.74) is 6.61. The maximum Gasteiger partial charge on any atom is 0.182 e. The Labute approximate surface area is 103 Å². The fourth-order valence-electron chi connectivity index (χ4n) is 1.45. The maximum absolute atomic E-state index is 12.7. The van der Waals surface area contributed by atoms with Gasteiger partial charge in [-0.3, -0.25) is 0 Å². The van der Waals surface area contributed by atoms with Gasteiger partial charge in [0.05, 0.1) is 0 Å². The normalized spacial score (nSPS) is 10.5. The maximum atomic E-state index is 12.7. The van der Waals surface area contributed by atoms with Crippen LogP contribution in [0, 0.1) is 5.82 Å². The van der Waals surface area contributed by atoms with E-state index in [0.29, 0.717) is 6.54 Å². The van der Waals surface area contributed by atoms with Gasteiger partial charge in [0.25, 0.3) is 0 Å². The monoisotopic (exact) mass is 251 g/mol. The zero-order chi connectivity index (χ0) is 12.1. The summed E-state index contributed by atoms with van der Waals surface area (Å²) in [6.45, 7) is 1.31. The first-order valence-corrected chi connectivity index (χ1v) is 6.22.